The smallest absolute Gasteiger partial charge is 0.251 e. The highest BCUT2D eigenvalue weighted by Crippen LogP contribution is 2.23. The fourth-order valence-corrected chi connectivity index (χ4v) is 5.23. The molecule has 0 radical (unpaired) electrons. The number of rotatable bonds is 6. The molecule has 2 rings (SSSR count). The monoisotopic (exact) mass is 358 g/mol. The molecule has 1 aliphatic rings. The molecule has 1 aromatic rings. The van der Waals surface area contributed by atoms with Gasteiger partial charge in [0.15, 0.2) is 16.0 Å². The number of nitrogens with zero attached hydrogens (tertiary/aromatic N) is 2. The van der Waals surface area contributed by atoms with E-state index >= 15 is 0 Å². The van der Waals surface area contributed by atoms with E-state index in [0.717, 1.165) is 11.2 Å². The van der Waals surface area contributed by atoms with Gasteiger partial charge in [-0.25, -0.2) is 8.42 Å². The molecular formula is C15H22N2O4S2. The van der Waals surface area contributed by atoms with Gasteiger partial charge in [0.05, 0.1) is 17.3 Å². The second-order valence-electron chi connectivity index (χ2n) is 5.77. The molecule has 6 nitrogen and oxygen atoms in total. The summed E-state index contributed by atoms with van der Waals surface area (Å²) >= 11 is 1.18. The van der Waals surface area contributed by atoms with Crippen LogP contribution in [0.1, 0.15) is 26.7 Å². The Morgan fingerprint density at radius 1 is 1.52 bits per heavy atom. The first kappa shape index (κ1) is 18.1. The summed E-state index contributed by atoms with van der Waals surface area (Å²) in [5, 5.41) is 12.1. The number of carbonyl (C=O) groups is 1. The zero-order valence-corrected chi connectivity index (χ0v) is 15.0. The summed E-state index contributed by atoms with van der Waals surface area (Å²) < 4.78 is 24.2. The lowest BCUT2D eigenvalue weighted by molar-refractivity contribution is -0.645. The van der Waals surface area contributed by atoms with Gasteiger partial charge in [-0.2, -0.15) is 4.73 Å². The van der Waals surface area contributed by atoms with Crippen molar-refractivity contribution in [1.82, 2.24) is 4.90 Å². The highest BCUT2D eigenvalue weighted by molar-refractivity contribution is 7.99. The summed E-state index contributed by atoms with van der Waals surface area (Å²) in [6, 6.07) is 4.78. The fraction of sp³-hybridized carbons (Fsp3) is 0.600. The van der Waals surface area contributed by atoms with Gasteiger partial charge in [0.2, 0.25) is 5.91 Å². The lowest BCUT2D eigenvalue weighted by Crippen LogP contribution is -2.47. The lowest BCUT2D eigenvalue weighted by Gasteiger charge is -2.33. The Morgan fingerprint density at radius 3 is 2.83 bits per heavy atom. The van der Waals surface area contributed by atoms with Crippen molar-refractivity contribution >= 4 is 27.5 Å². The van der Waals surface area contributed by atoms with Gasteiger partial charge in [0.1, 0.15) is 0 Å². The second-order valence-corrected chi connectivity index (χ2v) is 8.99. The molecule has 0 spiro atoms. The van der Waals surface area contributed by atoms with Gasteiger partial charge in [-0.05, 0) is 37.6 Å². The van der Waals surface area contributed by atoms with E-state index in [-0.39, 0.29) is 35.2 Å². The van der Waals surface area contributed by atoms with E-state index in [2.05, 4.69) is 0 Å². The molecular weight excluding hydrogens is 336 g/mol. The van der Waals surface area contributed by atoms with Crippen LogP contribution in [0.2, 0.25) is 0 Å². The molecule has 1 aromatic heterocycles. The van der Waals surface area contributed by atoms with Crippen LogP contribution in [-0.2, 0) is 14.6 Å². The van der Waals surface area contributed by atoms with Crippen molar-refractivity contribution in [3.8, 4) is 0 Å². The van der Waals surface area contributed by atoms with Crippen molar-refractivity contribution in [1.29, 1.82) is 0 Å². The quantitative estimate of drug-likeness (QED) is 0.434. The summed E-state index contributed by atoms with van der Waals surface area (Å²) in [5.41, 5.74) is 0. The van der Waals surface area contributed by atoms with Gasteiger partial charge in [-0.15, -0.1) is 0 Å². The molecule has 1 fully saturated rings. The van der Waals surface area contributed by atoms with Crippen LogP contribution in [0.4, 0.5) is 0 Å². The van der Waals surface area contributed by atoms with E-state index in [1.807, 2.05) is 13.8 Å². The maximum Gasteiger partial charge on any atom is 0.251 e. The molecule has 0 saturated carbocycles. The van der Waals surface area contributed by atoms with Gasteiger partial charge in [-0.3, -0.25) is 4.79 Å². The van der Waals surface area contributed by atoms with Crippen LogP contribution in [0.5, 0.6) is 0 Å². The number of thioether (sulfide) groups is 1. The molecule has 1 aliphatic heterocycles. The lowest BCUT2D eigenvalue weighted by atomic mass is 10.1. The molecule has 128 valence electrons. The summed E-state index contributed by atoms with van der Waals surface area (Å²) in [5.74, 6) is 0.202. The molecule has 0 bridgehead atoms. The van der Waals surface area contributed by atoms with Crippen LogP contribution in [0.3, 0.4) is 0 Å². The number of carbonyl (C=O) groups excluding carboxylic acids is 1. The van der Waals surface area contributed by atoms with Crippen LogP contribution in [0.25, 0.3) is 0 Å². The Bertz CT molecular complexity index is 663. The molecule has 0 aromatic carbocycles. The molecule has 2 heterocycles. The number of aromatic nitrogens is 1. The predicted octanol–water partition coefficient (Wildman–Crippen LogP) is 1.23. The van der Waals surface area contributed by atoms with Gasteiger partial charge < -0.3 is 10.1 Å². The third-order valence-corrected chi connectivity index (χ3v) is 6.84. The minimum absolute atomic E-state index is 0.0171. The van der Waals surface area contributed by atoms with E-state index < -0.39 is 9.84 Å². The summed E-state index contributed by atoms with van der Waals surface area (Å²) in [7, 11) is -3.04. The molecule has 2 atom stereocenters. The number of hydrogen-bond acceptors (Lipinski definition) is 5. The SMILES string of the molecule is CC[C@H](C)N(C(=O)CSc1cccc[n+]1[O-])[C@H]1CCS(=O)(=O)C1. The zero-order chi connectivity index (χ0) is 17.0. The minimum Gasteiger partial charge on any atom is -0.618 e. The molecule has 0 unspecified atom stereocenters. The van der Waals surface area contributed by atoms with Crippen molar-refractivity contribution < 1.29 is 17.9 Å². The maximum absolute atomic E-state index is 12.6. The van der Waals surface area contributed by atoms with Crippen molar-refractivity contribution in [2.45, 2.75) is 43.8 Å². The highest BCUT2D eigenvalue weighted by Gasteiger charge is 2.36. The average molecular weight is 358 g/mol. The van der Waals surface area contributed by atoms with Crippen molar-refractivity contribution in [3.63, 3.8) is 0 Å². The molecule has 8 heteroatoms. The van der Waals surface area contributed by atoms with E-state index in [1.54, 1.807) is 23.1 Å². The first-order chi connectivity index (χ1) is 10.8. The van der Waals surface area contributed by atoms with Crippen molar-refractivity contribution in [2.24, 2.45) is 0 Å². The van der Waals surface area contributed by atoms with Crippen LogP contribution < -0.4 is 4.73 Å². The van der Waals surface area contributed by atoms with E-state index in [0.29, 0.717) is 11.4 Å². The Balaban J connectivity index is 2.07. The number of amides is 1. The Morgan fingerprint density at radius 2 is 2.26 bits per heavy atom. The topological polar surface area (TPSA) is 81.4 Å². The van der Waals surface area contributed by atoms with Crippen LogP contribution in [-0.4, -0.2) is 48.6 Å². The van der Waals surface area contributed by atoms with Gasteiger partial charge >= 0.3 is 0 Å². The summed E-state index contributed by atoms with van der Waals surface area (Å²) in [4.78, 5) is 14.3. The fourth-order valence-electron chi connectivity index (χ4n) is 2.74. The second kappa shape index (κ2) is 7.53. The van der Waals surface area contributed by atoms with Crippen molar-refractivity contribution in [2.75, 3.05) is 17.3 Å². The molecule has 1 amide bonds. The zero-order valence-electron chi connectivity index (χ0n) is 13.3. The highest BCUT2D eigenvalue weighted by atomic mass is 32.2. The maximum atomic E-state index is 12.6. The summed E-state index contributed by atoms with van der Waals surface area (Å²) in [6.07, 6.45) is 2.65. The van der Waals surface area contributed by atoms with E-state index in [1.165, 1.54) is 18.0 Å². The first-order valence-corrected chi connectivity index (χ1v) is 10.5. The van der Waals surface area contributed by atoms with Crippen LogP contribution in [0.15, 0.2) is 29.4 Å². The van der Waals surface area contributed by atoms with Gasteiger partial charge in [-0.1, -0.05) is 6.92 Å². The third kappa shape index (κ3) is 4.60. The Labute approximate surface area is 141 Å². The molecule has 0 N–H and O–H groups in total. The van der Waals surface area contributed by atoms with E-state index in [4.69, 9.17) is 0 Å². The number of hydrogen-bond donors (Lipinski definition) is 0. The third-order valence-electron chi connectivity index (χ3n) is 4.09. The number of sulfone groups is 1. The first-order valence-electron chi connectivity index (χ1n) is 7.66. The van der Waals surface area contributed by atoms with Crippen LogP contribution >= 0.6 is 11.8 Å². The Hall–Kier alpha value is -1.28. The predicted molar refractivity (Wildman–Crippen MR) is 89.8 cm³/mol. The Kier molecular flexibility index (Phi) is 5.91. The average Bonchev–Trinajstić information content (AvgIpc) is 2.86. The molecule has 23 heavy (non-hydrogen) atoms. The number of pyridine rings is 1. The summed E-state index contributed by atoms with van der Waals surface area (Å²) in [6.45, 7) is 3.91. The standard InChI is InChI=1S/C15H22N2O4S2/c1-3-12(2)17(13-7-9-23(20,21)11-13)14(18)10-22-15-6-4-5-8-16(15)19/h4-6,8,12-13H,3,7,9-11H2,1-2H3/t12-,13-/m0/s1. The van der Waals surface area contributed by atoms with Crippen molar-refractivity contribution in [3.05, 3.63) is 29.6 Å². The molecule has 1 saturated heterocycles. The largest absolute Gasteiger partial charge is 0.618 e. The van der Waals surface area contributed by atoms with Gasteiger partial charge in [0, 0.05) is 24.2 Å². The molecule has 0 aliphatic carbocycles. The van der Waals surface area contributed by atoms with Crippen LogP contribution in [0, 0.1) is 5.21 Å². The van der Waals surface area contributed by atoms with E-state index in [9.17, 15) is 18.4 Å². The minimum atomic E-state index is -3.04. The van der Waals surface area contributed by atoms with Gasteiger partial charge in [0.25, 0.3) is 5.03 Å². The normalized spacial score (nSPS) is 21.0.